The first-order valence-electron chi connectivity index (χ1n) is 13.7. The van der Waals surface area contributed by atoms with Gasteiger partial charge in [0.15, 0.2) is 23.7 Å². The van der Waals surface area contributed by atoms with Crippen LogP contribution in [0.15, 0.2) is 72.2 Å². The molecular formula is C31H37N3O3S+2. The first kappa shape index (κ1) is 26.4. The molecule has 3 saturated heterocycles. The van der Waals surface area contributed by atoms with Crippen LogP contribution in [0.4, 0.5) is 0 Å². The van der Waals surface area contributed by atoms with Crippen molar-refractivity contribution in [2.24, 2.45) is 5.92 Å². The number of hydrogen-bond donors (Lipinski definition) is 0. The number of thiazole rings is 1. The molecule has 3 unspecified atom stereocenters. The molecule has 7 heteroatoms. The number of aromatic nitrogens is 1. The standard InChI is InChI=1S/C31H37N3O3S/c1-3-10-26(29(35)30-32-17-20-38-30)34-18-15-24(16-19-34)27(22-34)37-31(36)28(25-13-8-5-9-14-25)33(2)21-23-11-6-4-7-12-23/h4-9,11-14,17,20,24,26-28H,2-3,10,15-16,18-19,21-22H2,1H3/q+2. The van der Waals surface area contributed by atoms with E-state index < -0.39 is 6.04 Å². The summed E-state index contributed by atoms with van der Waals surface area (Å²) >= 11 is 1.42. The lowest BCUT2D eigenvalue weighted by atomic mass is 9.80. The summed E-state index contributed by atoms with van der Waals surface area (Å²) in [6, 6.07) is 19.1. The van der Waals surface area contributed by atoms with Gasteiger partial charge >= 0.3 is 5.97 Å². The van der Waals surface area contributed by atoms with Gasteiger partial charge in [0.2, 0.25) is 5.78 Å². The van der Waals surface area contributed by atoms with Gasteiger partial charge in [-0.25, -0.2) is 14.4 Å². The number of rotatable bonds is 11. The first-order chi connectivity index (χ1) is 18.5. The van der Waals surface area contributed by atoms with Gasteiger partial charge in [-0.1, -0.05) is 74.0 Å². The third-order valence-electron chi connectivity index (χ3n) is 8.33. The molecule has 4 heterocycles. The van der Waals surface area contributed by atoms with Crippen LogP contribution in [0.3, 0.4) is 0 Å². The fourth-order valence-corrected chi connectivity index (χ4v) is 7.03. The van der Waals surface area contributed by atoms with Gasteiger partial charge < -0.3 is 9.22 Å². The summed E-state index contributed by atoms with van der Waals surface area (Å²) in [6.45, 7) is 9.54. The number of ketones is 1. The van der Waals surface area contributed by atoms with Crippen molar-refractivity contribution in [2.45, 2.75) is 57.3 Å². The molecule has 2 bridgehead atoms. The maximum Gasteiger partial charge on any atom is 0.380 e. The third kappa shape index (κ3) is 5.49. The van der Waals surface area contributed by atoms with Gasteiger partial charge in [0, 0.05) is 47.9 Å². The summed E-state index contributed by atoms with van der Waals surface area (Å²) in [6.07, 6.45) is 5.19. The van der Waals surface area contributed by atoms with E-state index in [1.165, 1.54) is 11.3 Å². The number of benzene rings is 2. The number of esters is 1. The SMILES string of the molecule is C=[N+](Cc1ccccc1)C(C(=O)OC1C[N+]2(C(CCC)C(=O)c3nccs3)CCC1CC2)c1ccccc1. The number of nitrogens with zero attached hydrogens (tertiary/aromatic N) is 3. The smallest absolute Gasteiger partial charge is 0.380 e. The molecule has 2 aromatic carbocycles. The van der Waals surface area contributed by atoms with Crippen LogP contribution in [0.5, 0.6) is 0 Å². The molecule has 6 nitrogen and oxygen atoms in total. The van der Waals surface area contributed by atoms with Crippen molar-refractivity contribution in [3.8, 4) is 0 Å². The van der Waals surface area contributed by atoms with Crippen LogP contribution in [0, 0.1) is 5.92 Å². The molecule has 0 saturated carbocycles. The molecule has 3 fully saturated rings. The first-order valence-corrected chi connectivity index (χ1v) is 14.5. The fourth-order valence-electron chi connectivity index (χ4n) is 6.41. The molecule has 3 atom stereocenters. The lowest BCUT2D eigenvalue weighted by molar-refractivity contribution is -0.959. The minimum atomic E-state index is -0.608. The van der Waals surface area contributed by atoms with E-state index in [4.69, 9.17) is 4.74 Å². The molecule has 6 rings (SSSR count). The maximum absolute atomic E-state index is 13.9. The Kier molecular flexibility index (Phi) is 8.15. The second kappa shape index (κ2) is 11.7. The Balaban J connectivity index is 1.37. The van der Waals surface area contributed by atoms with Gasteiger partial charge in [-0.15, -0.1) is 11.3 Å². The molecule has 3 aliphatic rings. The molecular weight excluding hydrogens is 494 g/mol. The monoisotopic (exact) mass is 531 g/mol. The molecule has 198 valence electrons. The van der Waals surface area contributed by atoms with Gasteiger partial charge in [-0.05, 0) is 0 Å². The van der Waals surface area contributed by atoms with Gasteiger partial charge in [0.05, 0.1) is 13.1 Å². The third-order valence-corrected chi connectivity index (χ3v) is 9.12. The molecule has 0 N–H and O–H groups in total. The van der Waals surface area contributed by atoms with E-state index >= 15 is 0 Å². The molecule has 0 spiro atoms. The van der Waals surface area contributed by atoms with E-state index in [9.17, 15) is 9.59 Å². The summed E-state index contributed by atoms with van der Waals surface area (Å²) in [5, 5.41) is 2.46. The van der Waals surface area contributed by atoms with Gasteiger partial charge in [0.1, 0.15) is 13.3 Å². The van der Waals surface area contributed by atoms with Gasteiger partial charge in [0.25, 0.3) is 6.04 Å². The number of carbonyl (C=O) groups is 2. The van der Waals surface area contributed by atoms with Crippen molar-refractivity contribution in [1.82, 2.24) is 4.98 Å². The molecule has 3 aliphatic heterocycles. The zero-order valence-corrected chi connectivity index (χ0v) is 22.9. The Morgan fingerprint density at radius 1 is 1.11 bits per heavy atom. The maximum atomic E-state index is 13.9. The van der Waals surface area contributed by atoms with Crippen LogP contribution in [0.25, 0.3) is 0 Å². The minimum absolute atomic E-state index is 0.138. The van der Waals surface area contributed by atoms with Crippen LogP contribution in [-0.4, -0.2) is 64.3 Å². The summed E-state index contributed by atoms with van der Waals surface area (Å²) in [5.41, 5.74) is 1.96. The number of piperidine rings is 3. The Hall–Kier alpha value is -3.16. The van der Waals surface area contributed by atoms with Crippen LogP contribution in [0.1, 0.15) is 59.6 Å². The zero-order chi connectivity index (χ0) is 26.5. The Morgan fingerprint density at radius 3 is 2.42 bits per heavy atom. The second-order valence-electron chi connectivity index (χ2n) is 10.7. The zero-order valence-electron chi connectivity index (χ0n) is 22.1. The second-order valence-corrected chi connectivity index (χ2v) is 11.6. The summed E-state index contributed by atoms with van der Waals surface area (Å²) in [7, 11) is 0. The number of fused-ring (bicyclic) bond motifs is 3. The quantitative estimate of drug-likeness (QED) is 0.111. The van der Waals surface area contributed by atoms with Crippen molar-refractivity contribution in [2.75, 3.05) is 19.6 Å². The molecule has 3 aromatic rings. The van der Waals surface area contributed by atoms with Crippen molar-refractivity contribution in [3.63, 3.8) is 0 Å². The lowest BCUT2D eigenvalue weighted by Crippen LogP contribution is -2.70. The van der Waals surface area contributed by atoms with Crippen LogP contribution >= 0.6 is 11.3 Å². The highest BCUT2D eigenvalue weighted by atomic mass is 32.1. The predicted octanol–water partition coefficient (Wildman–Crippen LogP) is 5.30. The van der Waals surface area contributed by atoms with E-state index in [-0.39, 0.29) is 23.9 Å². The lowest BCUT2D eigenvalue weighted by Gasteiger charge is -2.55. The van der Waals surface area contributed by atoms with E-state index in [0.29, 0.717) is 28.5 Å². The number of hydrogen-bond acceptors (Lipinski definition) is 5. The Bertz CT molecular complexity index is 1240. The summed E-state index contributed by atoms with van der Waals surface area (Å²) in [5.74, 6) is 0.207. The molecule has 0 amide bonds. The van der Waals surface area contributed by atoms with Crippen LogP contribution in [0.2, 0.25) is 0 Å². The van der Waals surface area contributed by atoms with Crippen LogP contribution < -0.4 is 0 Å². The number of carbonyl (C=O) groups excluding carboxylic acids is 2. The number of Topliss-reactive ketones (excluding diaryl/α,β-unsaturated/α-hetero) is 1. The minimum Gasteiger partial charge on any atom is -0.451 e. The topological polar surface area (TPSA) is 59.3 Å². The average molecular weight is 532 g/mol. The van der Waals surface area contributed by atoms with E-state index in [2.05, 4.69) is 18.6 Å². The van der Waals surface area contributed by atoms with Crippen LogP contribution in [-0.2, 0) is 16.1 Å². The Morgan fingerprint density at radius 2 is 1.79 bits per heavy atom. The summed E-state index contributed by atoms with van der Waals surface area (Å²) < 4.78 is 8.89. The normalized spacial score (nSPS) is 23.9. The molecule has 0 radical (unpaired) electrons. The molecule has 0 aliphatic carbocycles. The van der Waals surface area contributed by atoms with Crippen molar-refractivity contribution in [1.29, 1.82) is 0 Å². The van der Waals surface area contributed by atoms with Gasteiger partial charge in [-0.3, -0.25) is 4.79 Å². The molecule has 1 aromatic heterocycles. The average Bonchev–Trinajstić information content (AvgIpc) is 3.48. The fraction of sp³-hybridized carbons (Fsp3) is 0.419. The number of ether oxygens (including phenoxy) is 1. The van der Waals surface area contributed by atoms with Gasteiger partial charge in [-0.2, -0.15) is 0 Å². The highest BCUT2D eigenvalue weighted by Gasteiger charge is 2.54. The number of quaternary nitrogens is 1. The predicted molar refractivity (Wildman–Crippen MR) is 149 cm³/mol. The molecule has 38 heavy (non-hydrogen) atoms. The van der Waals surface area contributed by atoms with E-state index in [0.717, 1.165) is 49.9 Å². The highest BCUT2D eigenvalue weighted by Crippen LogP contribution is 2.40. The van der Waals surface area contributed by atoms with Crippen molar-refractivity contribution in [3.05, 3.63) is 88.4 Å². The van der Waals surface area contributed by atoms with Crippen molar-refractivity contribution < 1.29 is 23.4 Å². The Labute approximate surface area is 229 Å². The highest BCUT2D eigenvalue weighted by molar-refractivity contribution is 7.11. The largest absolute Gasteiger partial charge is 0.451 e. The van der Waals surface area contributed by atoms with Crippen molar-refractivity contribution >= 4 is 29.8 Å². The van der Waals surface area contributed by atoms with E-state index in [1.54, 1.807) is 6.20 Å². The summed E-state index contributed by atoms with van der Waals surface area (Å²) in [4.78, 5) is 31.8. The van der Waals surface area contributed by atoms with E-state index in [1.807, 2.05) is 70.6 Å².